The molecular formula is C24H32N4O6. The third kappa shape index (κ3) is 5.45. The second-order valence-corrected chi connectivity index (χ2v) is 8.88. The lowest BCUT2D eigenvalue weighted by Gasteiger charge is -2.34. The molecule has 0 aliphatic carbocycles. The van der Waals surface area contributed by atoms with E-state index < -0.39 is 0 Å². The van der Waals surface area contributed by atoms with Crippen molar-refractivity contribution in [2.45, 2.75) is 25.4 Å². The molecule has 1 unspecified atom stereocenters. The van der Waals surface area contributed by atoms with Gasteiger partial charge in [0.2, 0.25) is 5.91 Å². The van der Waals surface area contributed by atoms with E-state index in [0.29, 0.717) is 63.6 Å². The van der Waals surface area contributed by atoms with E-state index in [2.05, 4.69) is 5.32 Å². The third-order valence-electron chi connectivity index (χ3n) is 6.50. The first-order valence-corrected chi connectivity index (χ1v) is 11.9. The number of fused-ring (bicyclic) bond motifs is 1. The molecule has 34 heavy (non-hydrogen) atoms. The lowest BCUT2D eigenvalue weighted by molar-refractivity contribution is -0.122. The number of rotatable bonds is 9. The van der Waals surface area contributed by atoms with Crippen molar-refractivity contribution in [2.24, 2.45) is 0 Å². The minimum Gasteiger partial charge on any atom is -0.385 e. The Kier molecular flexibility index (Phi) is 7.91. The van der Waals surface area contributed by atoms with E-state index in [1.165, 1.54) is 11.0 Å². The zero-order valence-corrected chi connectivity index (χ0v) is 19.6. The van der Waals surface area contributed by atoms with Gasteiger partial charge in [-0.2, -0.15) is 0 Å². The van der Waals surface area contributed by atoms with Gasteiger partial charge < -0.3 is 19.7 Å². The molecule has 3 aliphatic rings. The van der Waals surface area contributed by atoms with Gasteiger partial charge in [-0.1, -0.05) is 0 Å². The topological polar surface area (TPSA) is 108 Å². The largest absolute Gasteiger partial charge is 0.385 e. The highest BCUT2D eigenvalue weighted by atomic mass is 16.5. The molecule has 0 spiro atoms. The van der Waals surface area contributed by atoms with Crippen LogP contribution in [0.25, 0.3) is 0 Å². The number of imide groups is 1. The van der Waals surface area contributed by atoms with Crippen LogP contribution in [0.1, 0.15) is 50.3 Å². The number of carbonyl (C=O) groups is 4. The smallest absolute Gasteiger partial charge is 0.261 e. The van der Waals surface area contributed by atoms with E-state index in [0.717, 1.165) is 19.3 Å². The molecule has 0 bridgehead atoms. The van der Waals surface area contributed by atoms with E-state index in [-0.39, 0.29) is 41.8 Å². The Morgan fingerprint density at radius 3 is 2.59 bits per heavy atom. The highest BCUT2D eigenvalue weighted by Gasteiger charge is 2.38. The fourth-order valence-corrected chi connectivity index (χ4v) is 4.58. The fourth-order valence-electron chi connectivity index (χ4n) is 4.58. The normalized spacial score (nSPS) is 20.7. The number of nitrogens with one attached hydrogen (secondary N) is 1. The molecule has 10 heteroatoms. The summed E-state index contributed by atoms with van der Waals surface area (Å²) in [6, 6.07) is 4.72. The zero-order chi connectivity index (χ0) is 24.1. The van der Waals surface area contributed by atoms with Crippen LogP contribution in [-0.2, 0) is 14.3 Å². The number of hydrogen-bond donors (Lipinski definition) is 1. The molecular weight excluding hydrogens is 440 g/mol. The van der Waals surface area contributed by atoms with Crippen LogP contribution in [0.5, 0.6) is 0 Å². The van der Waals surface area contributed by atoms with Crippen molar-refractivity contribution in [3.05, 3.63) is 34.9 Å². The number of nitrogens with zero attached hydrogens (tertiary/aromatic N) is 3. The minimum atomic E-state index is -0.369. The SMILES string of the molecule is COCCCNC(=O)CN1CCN(C(=O)c2ccc3c(c2)C(=O)N(CC2CCCO2)C3=O)CC1. The molecule has 0 aromatic heterocycles. The summed E-state index contributed by atoms with van der Waals surface area (Å²) in [6.07, 6.45) is 2.41. The molecule has 1 aromatic carbocycles. The molecule has 4 rings (SSSR count). The average molecular weight is 473 g/mol. The first-order valence-electron chi connectivity index (χ1n) is 11.9. The summed E-state index contributed by atoms with van der Waals surface area (Å²) in [5, 5.41) is 2.87. The Hall–Kier alpha value is -2.82. The summed E-state index contributed by atoms with van der Waals surface area (Å²) in [6.45, 7) is 4.55. The molecule has 2 saturated heterocycles. The summed E-state index contributed by atoms with van der Waals surface area (Å²) in [5.41, 5.74) is 1.00. The van der Waals surface area contributed by atoms with Crippen LogP contribution >= 0.6 is 0 Å². The van der Waals surface area contributed by atoms with Crippen LogP contribution in [0.3, 0.4) is 0 Å². The third-order valence-corrected chi connectivity index (χ3v) is 6.50. The Morgan fingerprint density at radius 1 is 1.12 bits per heavy atom. The lowest BCUT2D eigenvalue weighted by atomic mass is 10.0. The molecule has 1 atom stereocenters. The number of carbonyl (C=O) groups excluding carboxylic acids is 4. The van der Waals surface area contributed by atoms with E-state index in [9.17, 15) is 19.2 Å². The number of amides is 4. The summed E-state index contributed by atoms with van der Waals surface area (Å²) in [5.74, 6) is -0.912. The maximum absolute atomic E-state index is 13.1. The van der Waals surface area contributed by atoms with Gasteiger partial charge in [0.25, 0.3) is 17.7 Å². The van der Waals surface area contributed by atoms with Gasteiger partial charge in [0.15, 0.2) is 0 Å². The molecule has 3 aliphatic heterocycles. The molecule has 4 amide bonds. The maximum Gasteiger partial charge on any atom is 0.261 e. The van der Waals surface area contributed by atoms with E-state index in [1.807, 2.05) is 4.90 Å². The van der Waals surface area contributed by atoms with Crippen molar-refractivity contribution in [3.63, 3.8) is 0 Å². The van der Waals surface area contributed by atoms with Gasteiger partial charge in [-0.05, 0) is 37.5 Å². The minimum absolute atomic E-state index is 0.0368. The zero-order valence-electron chi connectivity index (χ0n) is 19.6. The van der Waals surface area contributed by atoms with Crippen LogP contribution in [0, 0.1) is 0 Å². The van der Waals surface area contributed by atoms with Gasteiger partial charge in [0.1, 0.15) is 0 Å². The molecule has 1 N–H and O–H groups in total. The molecule has 10 nitrogen and oxygen atoms in total. The van der Waals surface area contributed by atoms with Gasteiger partial charge in [0, 0.05) is 58.6 Å². The van der Waals surface area contributed by atoms with Crippen molar-refractivity contribution >= 4 is 23.6 Å². The summed E-state index contributed by atoms with van der Waals surface area (Å²) >= 11 is 0. The number of methoxy groups -OCH3 is 1. The Balaban J connectivity index is 1.30. The number of benzene rings is 1. The highest BCUT2D eigenvalue weighted by Crippen LogP contribution is 2.26. The monoisotopic (exact) mass is 472 g/mol. The predicted octanol–water partition coefficient (Wildman–Crippen LogP) is 0.372. The molecule has 2 fully saturated rings. The standard InChI is InChI=1S/C24H32N4O6/c1-33-12-3-7-25-21(29)16-26-8-10-27(11-9-26)22(30)17-5-6-19-20(14-17)24(32)28(23(19)31)15-18-4-2-13-34-18/h5-6,14,18H,2-4,7-13,15-16H2,1H3,(H,25,29). The summed E-state index contributed by atoms with van der Waals surface area (Å²) in [4.78, 5) is 55.7. The number of ether oxygens (including phenoxy) is 2. The second-order valence-electron chi connectivity index (χ2n) is 8.88. The molecule has 1 aromatic rings. The van der Waals surface area contributed by atoms with Crippen LogP contribution in [0.15, 0.2) is 18.2 Å². The molecule has 3 heterocycles. The van der Waals surface area contributed by atoms with Crippen LogP contribution in [-0.4, -0.2) is 111 Å². The van der Waals surface area contributed by atoms with Gasteiger partial charge in [-0.3, -0.25) is 29.0 Å². The van der Waals surface area contributed by atoms with Crippen molar-refractivity contribution in [1.82, 2.24) is 20.0 Å². The first kappa shape index (κ1) is 24.3. The Labute approximate surface area is 199 Å². The summed E-state index contributed by atoms with van der Waals surface area (Å²) in [7, 11) is 1.63. The van der Waals surface area contributed by atoms with Gasteiger partial charge >= 0.3 is 0 Å². The number of piperazine rings is 1. The van der Waals surface area contributed by atoms with Gasteiger partial charge in [0.05, 0.1) is 30.3 Å². The van der Waals surface area contributed by atoms with Crippen molar-refractivity contribution in [2.75, 3.05) is 66.1 Å². The van der Waals surface area contributed by atoms with Crippen LogP contribution < -0.4 is 5.32 Å². The molecule has 184 valence electrons. The van der Waals surface area contributed by atoms with Crippen molar-refractivity contribution in [3.8, 4) is 0 Å². The fraction of sp³-hybridized carbons (Fsp3) is 0.583. The highest BCUT2D eigenvalue weighted by molar-refractivity contribution is 6.22. The van der Waals surface area contributed by atoms with Crippen molar-refractivity contribution < 1.29 is 28.7 Å². The number of hydrogen-bond acceptors (Lipinski definition) is 7. The Bertz CT molecular complexity index is 937. The van der Waals surface area contributed by atoms with E-state index >= 15 is 0 Å². The van der Waals surface area contributed by atoms with Gasteiger partial charge in [-0.25, -0.2) is 0 Å². The van der Waals surface area contributed by atoms with Gasteiger partial charge in [-0.15, -0.1) is 0 Å². The lowest BCUT2D eigenvalue weighted by Crippen LogP contribution is -2.51. The maximum atomic E-state index is 13.1. The van der Waals surface area contributed by atoms with E-state index in [4.69, 9.17) is 9.47 Å². The van der Waals surface area contributed by atoms with E-state index in [1.54, 1.807) is 24.1 Å². The van der Waals surface area contributed by atoms with Crippen LogP contribution in [0.4, 0.5) is 0 Å². The first-order chi connectivity index (χ1) is 16.5. The summed E-state index contributed by atoms with van der Waals surface area (Å²) < 4.78 is 10.5. The quantitative estimate of drug-likeness (QED) is 0.409. The average Bonchev–Trinajstić information content (AvgIpc) is 3.45. The van der Waals surface area contributed by atoms with Crippen molar-refractivity contribution in [1.29, 1.82) is 0 Å². The predicted molar refractivity (Wildman–Crippen MR) is 123 cm³/mol. The second kappa shape index (κ2) is 11.1. The molecule has 0 radical (unpaired) electrons. The Morgan fingerprint density at radius 2 is 1.88 bits per heavy atom. The molecule has 0 saturated carbocycles. The van der Waals surface area contributed by atoms with Crippen LogP contribution in [0.2, 0.25) is 0 Å².